The van der Waals surface area contributed by atoms with Crippen molar-refractivity contribution in [3.05, 3.63) is 0 Å². The summed E-state index contributed by atoms with van der Waals surface area (Å²) in [5.41, 5.74) is 0.376. The zero-order valence-corrected chi connectivity index (χ0v) is 14.1. The minimum atomic E-state index is -0.865. The van der Waals surface area contributed by atoms with E-state index in [4.69, 9.17) is 5.11 Å². The van der Waals surface area contributed by atoms with E-state index in [0.29, 0.717) is 5.41 Å². The molecular weight excluding hydrogens is 268 g/mol. The van der Waals surface area contributed by atoms with Gasteiger partial charge >= 0.3 is 12.0 Å². The minimum Gasteiger partial charge on any atom is -0.481 e. The number of carboxylic acids is 1. The van der Waals surface area contributed by atoms with Crippen LogP contribution in [0, 0.1) is 5.41 Å². The Hall–Kier alpha value is -1.26. The van der Waals surface area contributed by atoms with Crippen molar-refractivity contribution < 1.29 is 14.7 Å². The third-order valence-corrected chi connectivity index (χ3v) is 4.59. The van der Waals surface area contributed by atoms with Crippen LogP contribution in [0.3, 0.4) is 0 Å². The number of hydrogen-bond donors (Lipinski definition) is 1. The molecule has 1 fully saturated rings. The first-order valence-electron chi connectivity index (χ1n) is 7.89. The number of rotatable bonds is 5. The number of amides is 2. The van der Waals surface area contributed by atoms with Gasteiger partial charge in [0.2, 0.25) is 0 Å². The molecule has 1 saturated carbocycles. The van der Waals surface area contributed by atoms with Crippen LogP contribution in [-0.4, -0.2) is 52.6 Å². The molecule has 0 aromatic heterocycles. The van der Waals surface area contributed by atoms with Crippen molar-refractivity contribution in [1.29, 1.82) is 0 Å². The van der Waals surface area contributed by atoms with Crippen molar-refractivity contribution in [1.82, 2.24) is 9.80 Å². The first-order chi connectivity index (χ1) is 9.64. The van der Waals surface area contributed by atoms with E-state index in [2.05, 4.69) is 13.8 Å². The number of aliphatic carboxylic acids is 1. The lowest BCUT2D eigenvalue weighted by atomic mass is 9.75. The second-order valence-electron chi connectivity index (χ2n) is 7.22. The van der Waals surface area contributed by atoms with Crippen molar-refractivity contribution in [3.8, 4) is 0 Å². The van der Waals surface area contributed by atoms with Gasteiger partial charge in [0.1, 0.15) is 0 Å². The van der Waals surface area contributed by atoms with Crippen molar-refractivity contribution in [2.45, 2.75) is 71.9 Å². The Morgan fingerprint density at radius 1 is 1.24 bits per heavy atom. The van der Waals surface area contributed by atoms with Crippen molar-refractivity contribution in [3.63, 3.8) is 0 Å². The molecule has 0 aromatic rings. The predicted molar refractivity (Wildman–Crippen MR) is 83.3 cm³/mol. The van der Waals surface area contributed by atoms with Crippen LogP contribution in [0.5, 0.6) is 0 Å². The topological polar surface area (TPSA) is 60.9 Å². The number of nitrogens with zero attached hydrogens (tertiary/aromatic N) is 2. The van der Waals surface area contributed by atoms with Crippen LogP contribution >= 0.6 is 0 Å². The fourth-order valence-electron chi connectivity index (χ4n) is 2.92. The first kappa shape index (κ1) is 17.8. The van der Waals surface area contributed by atoms with E-state index in [1.165, 1.54) is 0 Å². The lowest BCUT2D eigenvalue weighted by molar-refractivity contribution is -0.137. The summed E-state index contributed by atoms with van der Waals surface area (Å²) in [5, 5.41) is 8.82. The van der Waals surface area contributed by atoms with Crippen LogP contribution in [0.4, 0.5) is 4.79 Å². The Kier molecular flexibility index (Phi) is 6.05. The first-order valence-corrected chi connectivity index (χ1v) is 7.89. The van der Waals surface area contributed by atoms with E-state index in [1.54, 1.807) is 4.90 Å². The lowest BCUT2D eigenvalue weighted by Gasteiger charge is -2.41. The van der Waals surface area contributed by atoms with Gasteiger partial charge in [0.25, 0.3) is 0 Å². The van der Waals surface area contributed by atoms with Crippen LogP contribution in [0.1, 0.15) is 59.8 Å². The van der Waals surface area contributed by atoms with Gasteiger partial charge in [-0.25, -0.2) is 4.79 Å². The second-order valence-corrected chi connectivity index (χ2v) is 7.22. The average molecular weight is 298 g/mol. The SMILES string of the molecule is CC(C)N(CCC(=O)O)C(=O)N(C)C1CCC(C)(C)CC1. The van der Waals surface area contributed by atoms with E-state index in [1.807, 2.05) is 25.8 Å². The molecule has 1 N–H and O–H groups in total. The van der Waals surface area contributed by atoms with E-state index in [0.717, 1.165) is 25.7 Å². The Morgan fingerprint density at radius 2 is 1.76 bits per heavy atom. The van der Waals surface area contributed by atoms with Gasteiger partial charge in [-0.2, -0.15) is 0 Å². The normalized spacial score (nSPS) is 18.6. The van der Waals surface area contributed by atoms with Gasteiger partial charge < -0.3 is 14.9 Å². The maximum absolute atomic E-state index is 12.6. The molecule has 0 radical (unpaired) electrons. The molecule has 0 spiro atoms. The van der Waals surface area contributed by atoms with Gasteiger partial charge in [-0.3, -0.25) is 4.79 Å². The molecule has 5 heteroatoms. The van der Waals surface area contributed by atoms with Gasteiger partial charge in [-0.05, 0) is 44.9 Å². The smallest absolute Gasteiger partial charge is 0.320 e. The van der Waals surface area contributed by atoms with Crippen molar-refractivity contribution >= 4 is 12.0 Å². The summed E-state index contributed by atoms with van der Waals surface area (Å²) in [7, 11) is 1.85. The number of urea groups is 1. The molecule has 0 heterocycles. The van der Waals surface area contributed by atoms with Gasteiger partial charge in [0.15, 0.2) is 0 Å². The third-order valence-electron chi connectivity index (χ3n) is 4.59. The summed E-state index contributed by atoms with van der Waals surface area (Å²) >= 11 is 0. The van der Waals surface area contributed by atoms with E-state index >= 15 is 0 Å². The largest absolute Gasteiger partial charge is 0.481 e. The Labute approximate surface area is 128 Å². The molecule has 0 aliphatic heterocycles. The third kappa shape index (κ3) is 5.21. The molecule has 1 aliphatic rings. The molecule has 0 aromatic carbocycles. The highest BCUT2D eigenvalue weighted by Gasteiger charge is 2.32. The van der Waals surface area contributed by atoms with E-state index < -0.39 is 5.97 Å². The highest BCUT2D eigenvalue weighted by atomic mass is 16.4. The molecule has 1 aliphatic carbocycles. The van der Waals surface area contributed by atoms with E-state index in [9.17, 15) is 9.59 Å². The summed E-state index contributed by atoms with van der Waals surface area (Å²) < 4.78 is 0. The minimum absolute atomic E-state index is 0.00451. The molecule has 1 rings (SSSR count). The fourth-order valence-corrected chi connectivity index (χ4v) is 2.92. The van der Waals surface area contributed by atoms with Crippen LogP contribution < -0.4 is 0 Å². The highest BCUT2D eigenvalue weighted by molar-refractivity contribution is 5.76. The number of hydrogen-bond acceptors (Lipinski definition) is 2. The van der Waals surface area contributed by atoms with Gasteiger partial charge in [0, 0.05) is 25.7 Å². The summed E-state index contributed by atoms with van der Waals surface area (Å²) in [6.45, 7) is 8.68. The van der Waals surface area contributed by atoms with Crippen molar-refractivity contribution in [2.24, 2.45) is 5.41 Å². The maximum Gasteiger partial charge on any atom is 0.320 e. The van der Waals surface area contributed by atoms with Crippen LogP contribution in [-0.2, 0) is 4.79 Å². The Balaban J connectivity index is 2.63. The highest BCUT2D eigenvalue weighted by Crippen LogP contribution is 2.36. The summed E-state index contributed by atoms with van der Waals surface area (Å²) in [5.74, 6) is -0.865. The van der Waals surface area contributed by atoms with Gasteiger partial charge in [-0.15, -0.1) is 0 Å². The molecule has 0 saturated heterocycles. The molecule has 0 unspecified atom stereocenters. The van der Waals surface area contributed by atoms with E-state index in [-0.39, 0.29) is 31.1 Å². The number of carbonyl (C=O) groups is 2. The van der Waals surface area contributed by atoms with Crippen LogP contribution in [0.2, 0.25) is 0 Å². The molecule has 0 atom stereocenters. The summed E-state index contributed by atoms with van der Waals surface area (Å²) in [4.78, 5) is 26.8. The van der Waals surface area contributed by atoms with Crippen LogP contribution in [0.15, 0.2) is 0 Å². The van der Waals surface area contributed by atoms with Gasteiger partial charge in [-0.1, -0.05) is 13.8 Å². The van der Waals surface area contributed by atoms with Gasteiger partial charge in [0.05, 0.1) is 6.42 Å². The average Bonchev–Trinajstić information content (AvgIpc) is 2.37. The van der Waals surface area contributed by atoms with Crippen LogP contribution in [0.25, 0.3) is 0 Å². The quantitative estimate of drug-likeness (QED) is 0.848. The maximum atomic E-state index is 12.6. The zero-order valence-electron chi connectivity index (χ0n) is 14.1. The molecule has 0 bridgehead atoms. The molecular formula is C16H30N2O3. The molecule has 2 amide bonds. The molecule has 5 nitrogen and oxygen atoms in total. The summed E-state index contributed by atoms with van der Waals surface area (Å²) in [6.07, 6.45) is 4.31. The fraction of sp³-hybridized carbons (Fsp3) is 0.875. The zero-order chi connectivity index (χ0) is 16.2. The standard InChI is InChI=1S/C16H30N2O3/c1-12(2)18(11-8-14(19)20)15(21)17(5)13-6-9-16(3,4)10-7-13/h12-13H,6-11H2,1-5H3,(H,19,20). The lowest BCUT2D eigenvalue weighted by Crippen LogP contribution is -2.50. The monoisotopic (exact) mass is 298 g/mol. The summed E-state index contributed by atoms with van der Waals surface area (Å²) in [6, 6.07) is 0.242. The number of carbonyl (C=O) groups excluding carboxylic acids is 1. The molecule has 122 valence electrons. The Morgan fingerprint density at radius 3 is 2.19 bits per heavy atom. The second kappa shape index (κ2) is 7.14. The molecule has 21 heavy (non-hydrogen) atoms. The number of carboxylic acid groups (broad SMARTS) is 1. The van der Waals surface area contributed by atoms with Crippen molar-refractivity contribution in [2.75, 3.05) is 13.6 Å². The predicted octanol–water partition coefficient (Wildman–Crippen LogP) is 3.19. The Bertz CT molecular complexity index is 370.